The number of amides is 1. The van der Waals surface area contributed by atoms with Crippen molar-refractivity contribution >= 4 is 11.9 Å². The number of hydrogen-bond donors (Lipinski definition) is 2. The van der Waals surface area contributed by atoms with Gasteiger partial charge in [-0.3, -0.25) is 9.59 Å². The van der Waals surface area contributed by atoms with E-state index in [4.69, 9.17) is 9.47 Å². The first-order chi connectivity index (χ1) is 11.6. The first-order valence-corrected chi connectivity index (χ1v) is 8.32. The molecule has 2 N–H and O–H groups in total. The van der Waals surface area contributed by atoms with Gasteiger partial charge in [-0.15, -0.1) is 0 Å². The standard InChI is InChI=1S/C18H25NO5/c1-23-15-10-9-12(11-16(15)24-2)17(20)19-14-8-6-4-3-5-7-13(14)18(21)22/h9-11,13-14H,3-8H2,1-2H3,(H,19,20)(H,21,22). The van der Waals surface area contributed by atoms with Gasteiger partial charge in [0, 0.05) is 11.6 Å². The molecule has 1 aliphatic carbocycles. The SMILES string of the molecule is COc1ccc(C(=O)NC2CCCCCCC2C(=O)O)cc1OC. The number of rotatable bonds is 5. The van der Waals surface area contributed by atoms with Crippen LogP contribution < -0.4 is 14.8 Å². The van der Waals surface area contributed by atoms with Gasteiger partial charge < -0.3 is 19.9 Å². The van der Waals surface area contributed by atoms with Crippen LogP contribution in [0.4, 0.5) is 0 Å². The predicted molar refractivity (Wildman–Crippen MR) is 89.6 cm³/mol. The van der Waals surface area contributed by atoms with Gasteiger partial charge in [0.15, 0.2) is 11.5 Å². The molecule has 1 saturated carbocycles. The molecule has 132 valence electrons. The Kier molecular flexibility index (Phi) is 6.46. The van der Waals surface area contributed by atoms with Crippen LogP contribution in [0.3, 0.4) is 0 Å². The Labute approximate surface area is 142 Å². The molecular weight excluding hydrogens is 310 g/mol. The molecule has 0 heterocycles. The van der Waals surface area contributed by atoms with E-state index in [9.17, 15) is 14.7 Å². The summed E-state index contributed by atoms with van der Waals surface area (Å²) in [5.74, 6) is -0.641. The van der Waals surface area contributed by atoms with Crippen LogP contribution in [0, 0.1) is 5.92 Å². The molecule has 1 aliphatic rings. The van der Waals surface area contributed by atoms with Crippen molar-refractivity contribution in [1.82, 2.24) is 5.32 Å². The van der Waals surface area contributed by atoms with E-state index in [2.05, 4.69) is 5.32 Å². The molecule has 1 aromatic rings. The summed E-state index contributed by atoms with van der Waals surface area (Å²) in [6, 6.07) is 4.58. The number of aliphatic carboxylic acids is 1. The molecule has 2 unspecified atom stereocenters. The fraction of sp³-hybridized carbons (Fsp3) is 0.556. The zero-order valence-electron chi connectivity index (χ0n) is 14.2. The molecule has 0 aromatic heterocycles. The molecule has 1 amide bonds. The van der Waals surface area contributed by atoms with Gasteiger partial charge in [-0.05, 0) is 31.0 Å². The van der Waals surface area contributed by atoms with Crippen LogP contribution in [0.5, 0.6) is 11.5 Å². The zero-order valence-corrected chi connectivity index (χ0v) is 14.2. The Bertz CT molecular complexity index is 587. The van der Waals surface area contributed by atoms with Crippen LogP contribution in [-0.4, -0.2) is 37.2 Å². The van der Waals surface area contributed by atoms with Gasteiger partial charge in [0.2, 0.25) is 0 Å². The summed E-state index contributed by atoms with van der Waals surface area (Å²) in [4.78, 5) is 24.1. The normalized spacial score (nSPS) is 21.2. The summed E-state index contributed by atoms with van der Waals surface area (Å²) in [6.07, 6.45) is 5.25. The van der Waals surface area contributed by atoms with Gasteiger partial charge in [0.25, 0.3) is 5.91 Å². The lowest BCUT2D eigenvalue weighted by molar-refractivity contribution is -0.143. The van der Waals surface area contributed by atoms with Crippen LogP contribution in [0.25, 0.3) is 0 Å². The van der Waals surface area contributed by atoms with E-state index in [1.165, 1.54) is 14.2 Å². The molecule has 6 heteroatoms. The number of benzene rings is 1. The van der Waals surface area contributed by atoms with Gasteiger partial charge in [-0.25, -0.2) is 0 Å². The minimum atomic E-state index is -0.838. The van der Waals surface area contributed by atoms with Gasteiger partial charge in [-0.2, -0.15) is 0 Å². The molecule has 1 aromatic carbocycles. The minimum absolute atomic E-state index is 0.284. The van der Waals surface area contributed by atoms with Crippen molar-refractivity contribution in [2.75, 3.05) is 14.2 Å². The zero-order chi connectivity index (χ0) is 17.5. The maximum Gasteiger partial charge on any atom is 0.308 e. The highest BCUT2D eigenvalue weighted by Gasteiger charge is 2.30. The van der Waals surface area contributed by atoms with Crippen LogP contribution in [-0.2, 0) is 4.79 Å². The number of nitrogens with one attached hydrogen (secondary N) is 1. The number of carbonyl (C=O) groups excluding carboxylic acids is 1. The molecule has 0 bridgehead atoms. The first kappa shape index (κ1) is 18.1. The van der Waals surface area contributed by atoms with Crippen LogP contribution in [0.1, 0.15) is 48.9 Å². The number of carboxylic acid groups (broad SMARTS) is 1. The Hall–Kier alpha value is -2.24. The largest absolute Gasteiger partial charge is 0.493 e. The minimum Gasteiger partial charge on any atom is -0.493 e. The second-order valence-corrected chi connectivity index (χ2v) is 6.09. The summed E-state index contributed by atoms with van der Waals surface area (Å²) in [7, 11) is 3.04. The van der Waals surface area contributed by atoms with Crippen molar-refractivity contribution in [2.45, 2.75) is 44.6 Å². The number of methoxy groups -OCH3 is 2. The Morgan fingerprint density at radius 3 is 2.33 bits per heavy atom. The summed E-state index contributed by atoms with van der Waals surface area (Å²) >= 11 is 0. The summed E-state index contributed by atoms with van der Waals surface area (Å²) in [5.41, 5.74) is 0.429. The molecule has 0 saturated heterocycles. The van der Waals surface area contributed by atoms with Gasteiger partial charge in [-0.1, -0.05) is 25.7 Å². The second kappa shape index (κ2) is 8.57. The monoisotopic (exact) mass is 335 g/mol. The topological polar surface area (TPSA) is 84.9 Å². The Morgan fingerprint density at radius 2 is 1.71 bits per heavy atom. The highest BCUT2D eigenvalue weighted by atomic mass is 16.5. The number of hydrogen-bond acceptors (Lipinski definition) is 4. The quantitative estimate of drug-likeness (QED) is 0.864. The van der Waals surface area contributed by atoms with E-state index in [1.54, 1.807) is 18.2 Å². The molecule has 2 rings (SSSR count). The molecule has 2 atom stereocenters. The molecule has 6 nitrogen and oxygen atoms in total. The lowest BCUT2D eigenvalue weighted by Gasteiger charge is -2.27. The van der Waals surface area contributed by atoms with E-state index in [-0.39, 0.29) is 11.9 Å². The first-order valence-electron chi connectivity index (χ1n) is 8.32. The lowest BCUT2D eigenvalue weighted by atomic mass is 9.86. The fourth-order valence-electron chi connectivity index (χ4n) is 3.18. The van der Waals surface area contributed by atoms with E-state index in [0.717, 1.165) is 25.7 Å². The molecular formula is C18H25NO5. The van der Waals surface area contributed by atoms with Crippen LogP contribution >= 0.6 is 0 Å². The molecule has 24 heavy (non-hydrogen) atoms. The smallest absolute Gasteiger partial charge is 0.308 e. The van der Waals surface area contributed by atoms with E-state index in [0.29, 0.717) is 29.9 Å². The maximum absolute atomic E-state index is 12.5. The van der Waals surface area contributed by atoms with Crippen molar-refractivity contribution in [3.8, 4) is 11.5 Å². The van der Waals surface area contributed by atoms with Crippen molar-refractivity contribution in [3.63, 3.8) is 0 Å². The third kappa shape index (κ3) is 4.40. The van der Waals surface area contributed by atoms with Crippen molar-refractivity contribution in [2.24, 2.45) is 5.92 Å². The highest BCUT2D eigenvalue weighted by Crippen LogP contribution is 2.28. The van der Waals surface area contributed by atoms with E-state index in [1.807, 2.05) is 0 Å². The lowest BCUT2D eigenvalue weighted by Crippen LogP contribution is -2.43. The molecule has 0 spiro atoms. The predicted octanol–water partition coefficient (Wildman–Crippen LogP) is 2.86. The summed E-state index contributed by atoms with van der Waals surface area (Å²) < 4.78 is 10.4. The number of ether oxygens (including phenoxy) is 2. The van der Waals surface area contributed by atoms with Crippen LogP contribution in [0.15, 0.2) is 18.2 Å². The average Bonchev–Trinajstić information content (AvgIpc) is 2.56. The van der Waals surface area contributed by atoms with Crippen molar-refractivity contribution in [3.05, 3.63) is 23.8 Å². The van der Waals surface area contributed by atoms with Crippen LogP contribution in [0.2, 0.25) is 0 Å². The number of carboxylic acids is 1. The number of carbonyl (C=O) groups is 2. The second-order valence-electron chi connectivity index (χ2n) is 6.09. The Balaban J connectivity index is 2.14. The Morgan fingerprint density at radius 1 is 1.04 bits per heavy atom. The van der Waals surface area contributed by atoms with E-state index >= 15 is 0 Å². The van der Waals surface area contributed by atoms with Crippen molar-refractivity contribution in [1.29, 1.82) is 0 Å². The maximum atomic E-state index is 12.5. The highest BCUT2D eigenvalue weighted by molar-refractivity contribution is 5.95. The average molecular weight is 335 g/mol. The summed E-state index contributed by atoms with van der Waals surface area (Å²) in [6.45, 7) is 0. The van der Waals surface area contributed by atoms with Crippen molar-refractivity contribution < 1.29 is 24.2 Å². The molecule has 0 radical (unpaired) electrons. The third-order valence-corrected chi connectivity index (χ3v) is 4.55. The molecule has 0 aliphatic heterocycles. The van der Waals surface area contributed by atoms with E-state index < -0.39 is 11.9 Å². The fourth-order valence-corrected chi connectivity index (χ4v) is 3.18. The summed E-state index contributed by atoms with van der Waals surface area (Å²) in [5, 5.41) is 12.4. The van der Waals surface area contributed by atoms with Gasteiger partial charge in [0.05, 0.1) is 20.1 Å². The van der Waals surface area contributed by atoms with Gasteiger partial charge in [0.1, 0.15) is 0 Å². The van der Waals surface area contributed by atoms with Gasteiger partial charge >= 0.3 is 5.97 Å². The third-order valence-electron chi connectivity index (χ3n) is 4.55. The molecule has 1 fully saturated rings.